The monoisotopic (exact) mass is 820 g/mol. The van der Waals surface area contributed by atoms with Crippen LogP contribution in [-0.4, -0.2) is 66.7 Å². The van der Waals surface area contributed by atoms with Crippen molar-refractivity contribution >= 4 is 66.0 Å². The Morgan fingerprint density at radius 3 is 1.81 bits per heavy atom. The summed E-state index contributed by atoms with van der Waals surface area (Å²) in [6.45, 7) is 18.4. The van der Waals surface area contributed by atoms with E-state index < -0.39 is 50.9 Å². The van der Waals surface area contributed by atoms with E-state index in [0.717, 1.165) is 15.9 Å². The number of amides is 2. The van der Waals surface area contributed by atoms with Crippen molar-refractivity contribution in [2.45, 2.75) is 90.8 Å². The topological polar surface area (TPSA) is 111 Å². The second-order valence-corrected chi connectivity index (χ2v) is 25.2. The van der Waals surface area contributed by atoms with Gasteiger partial charge in [0, 0.05) is 24.6 Å². The molecule has 11 heteroatoms. The maximum Gasteiger partial charge on any atom is 0.412 e. The van der Waals surface area contributed by atoms with Crippen LogP contribution in [0.3, 0.4) is 0 Å². The predicted molar refractivity (Wildman–Crippen MR) is 238 cm³/mol. The van der Waals surface area contributed by atoms with Crippen LogP contribution in [0.1, 0.15) is 65.2 Å². The third-order valence-electron chi connectivity index (χ3n) is 10.8. The van der Waals surface area contributed by atoms with Gasteiger partial charge in [0.05, 0.1) is 18.1 Å². The molecule has 5 rings (SSSR count). The van der Waals surface area contributed by atoms with Gasteiger partial charge in [0.1, 0.15) is 17.6 Å². The maximum absolute atomic E-state index is 15.2. The van der Waals surface area contributed by atoms with Gasteiger partial charge in [-0.3, -0.25) is 14.9 Å². The van der Waals surface area contributed by atoms with Crippen LogP contribution in [0.4, 0.5) is 10.5 Å². The minimum Gasteiger partial charge on any atom is -0.457 e. The van der Waals surface area contributed by atoms with E-state index in [4.69, 9.17) is 13.9 Å². The number of hydrogen-bond donors (Lipinski definition) is 1. The zero-order chi connectivity index (χ0) is 42.5. The van der Waals surface area contributed by atoms with E-state index in [1.807, 2.05) is 97.9 Å². The Kier molecular flexibility index (Phi) is 13.6. The van der Waals surface area contributed by atoms with E-state index in [1.54, 1.807) is 49.9 Å². The number of carbonyl (C=O) groups is 4. The van der Waals surface area contributed by atoms with Crippen LogP contribution in [0.2, 0.25) is 18.1 Å². The molecular formula is C47H57N2O7PSi. The lowest BCUT2D eigenvalue weighted by Crippen LogP contribution is -2.69. The van der Waals surface area contributed by atoms with Gasteiger partial charge in [-0.25, -0.2) is 9.59 Å². The minimum atomic E-state index is -3.23. The summed E-state index contributed by atoms with van der Waals surface area (Å²) in [5, 5.41) is 5.09. The van der Waals surface area contributed by atoms with Crippen molar-refractivity contribution in [1.29, 1.82) is 0 Å². The number of anilines is 1. The molecular weight excluding hydrogens is 764 g/mol. The standard InChI is InChI=1S/C47H57N2O7PSi/c1-11-30-54-44(52)43(57(36-24-15-12-16-25-36,37-26-17-13-18-27-37)38-28-19-14-20-29-38)49-39(41(42(49)51)33(2)56-58(9,10)47(6,7)8)32-40(50)34-22-21-23-35(31-34)48-45(53)55-46(3,4)5/h11-29,31,33,39,41H,1,30,32H2,2-10H3,(H,48,53)/t33-,39+,41+/m0/s1. The van der Waals surface area contributed by atoms with Crippen LogP contribution in [0.25, 0.3) is 0 Å². The van der Waals surface area contributed by atoms with Crippen LogP contribution in [0.15, 0.2) is 128 Å². The average Bonchev–Trinajstić information content (AvgIpc) is 3.16. The Morgan fingerprint density at radius 1 is 0.828 bits per heavy atom. The molecule has 58 heavy (non-hydrogen) atoms. The van der Waals surface area contributed by atoms with Gasteiger partial charge in [0.2, 0.25) is 5.91 Å². The van der Waals surface area contributed by atoms with Crippen molar-refractivity contribution in [1.82, 2.24) is 4.90 Å². The summed E-state index contributed by atoms with van der Waals surface area (Å²) in [7, 11) is -2.41. The summed E-state index contributed by atoms with van der Waals surface area (Å²) in [4.78, 5) is 58.9. The van der Waals surface area contributed by atoms with Crippen LogP contribution in [0, 0.1) is 5.92 Å². The molecule has 1 aliphatic heterocycles. The number of carbonyl (C=O) groups excluding carboxylic acids is 4. The van der Waals surface area contributed by atoms with E-state index in [0.29, 0.717) is 11.3 Å². The van der Waals surface area contributed by atoms with Crippen molar-refractivity contribution in [2.24, 2.45) is 5.92 Å². The van der Waals surface area contributed by atoms with Crippen LogP contribution < -0.4 is 21.2 Å². The Hall–Kier alpha value is -5.02. The molecule has 4 aromatic rings. The third-order valence-corrected chi connectivity index (χ3v) is 19.6. The summed E-state index contributed by atoms with van der Waals surface area (Å²) in [6, 6.07) is 35.1. The highest BCUT2D eigenvalue weighted by atomic mass is 31.2. The van der Waals surface area contributed by atoms with Gasteiger partial charge < -0.3 is 18.8 Å². The Bertz CT molecular complexity index is 2070. The third kappa shape index (κ3) is 9.47. The number of nitrogens with zero attached hydrogens (tertiary/aromatic N) is 1. The molecule has 9 nitrogen and oxygen atoms in total. The highest BCUT2D eigenvalue weighted by Gasteiger charge is 2.57. The molecule has 1 fully saturated rings. The largest absolute Gasteiger partial charge is 0.457 e. The second-order valence-electron chi connectivity index (χ2n) is 17.1. The molecule has 1 aliphatic rings. The van der Waals surface area contributed by atoms with E-state index in [-0.39, 0.29) is 35.2 Å². The summed E-state index contributed by atoms with van der Waals surface area (Å²) in [6.07, 6.45) is 0.141. The van der Waals surface area contributed by atoms with Crippen LogP contribution in [-0.2, 0) is 23.5 Å². The van der Waals surface area contributed by atoms with Crippen LogP contribution >= 0.6 is 6.89 Å². The average molecular weight is 821 g/mol. The summed E-state index contributed by atoms with van der Waals surface area (Å²) >= 11 is 0. The summed E-state index contributed by atoms with van der Waals surface area (Å²) in [5.74, 6) is -2.02. The van der Waals surface area contributed by atoms with Gasteiger partial charge in [0.15, 0.2) is 14.1 Å². The SMILES string of the molecule is C=CCOC(=O)C(N1C(=O)[C@H]([C@H](C)O[Si](C)(C)C(C)(C)C)[C@H]1CC(=O)c1cccc(NC(=O)OC(C)(C)C)c1)=P(c1ccccc1)(c1ccccc1)c1ccccc1. The molecule has 0 spiro atoms. The first-order chi connectivity index (χ1) is 27.3. The van der Waals surface area contributed by atoms with E-state index in [2.05, 4.69) is 45.8 Å². The van der Waals surface area contributed by atoms with Crippen molar-refractivity contribution in [3.05, 3.63) is 133 Å². The van der Waals surface area contributed by atoms with E-state index in [1.165, 1.54) is 6.08 Å². The molecule has 0 bridgehead atoms. The van der Waals surface area contributed by atoms with Crippen molar-refractivity contribution in [3.8, 4) is 0 Å². The number of likely N-dealkylation sites (tertiary alicyclic amines) is 1. The lowest BCUT2D eigenvalue weighted by Gasteiger charge is -2.53. The molecule has 0 aliphatic carbocycles. The molecule has 3 atom stereocenters. The normalized spacial score (nSPS) is 16.4. The van der Waals surface area contributed by atoms with Crippen molar-refractivity contribution < 1.29 is 33.1 Å². The second kappa shape index (κ2) is 17.9. The summed E-state index contributed by atoms with van der Waals surface area (Å²) in [5.41, 5.74) is 0.177. The zero-order valence-electron chi connectivity index (χ0n) is 35.2. The van der Waals surface area contributed by atoms with E-state index in [9.17, 15) is 14.4 Å². The summed E-state index contributed by atoms with van der Waals surface area (Å²) < 4.78 is 18.3. The molecule has 306 valence electrons. The fraction of sp³-hybridized carbons (Fsp3) is 0.340. The quantitative estimate of drug-likeness (QED) is 0.0339. The highest BCUT2D eigenvalue weighted by molar-refractivity contribution is 7.96. The van der Waals surface area contributed by atoms with Crippen LogP contribution in [0.5, 0.6) is 0 Å². The van der Waals surface area contributed by atoms with Gasteiger partial charge in [-0.05, 0) is 73.9 Å². The van der Waals surface area contributed by atoms with Gasteiger partial charge in [-0.2, -0.15) is 0 Å². The number of esters is 1. The smallest absolute Gasteiger partial charge is 0.412 e. The molecule has 4 aromatic carbocycles. The van der Waals surface area contributed by atoms with E-state index >= 15 is 4.79 Å². The molecule has 0 unspecified atom stereocenters. The lowest BCUT2D eigenvalue weighted by molar-refractivity contribution is -0.156. The number of β-lactam (4-membered cyclic amide) rings is 1. The molecule has 2 amide bonds. The minimum absolute atomic E-state index is 0.0852. The first-order valence-corrected chi connectivity index (χ1v) is 24.4. The van der Waals surface area contributed by atoms with Gasteiger partial charge in [-0.15, -0.1) is 0 Å². The Balaban J connectivity index is 1.76. The highest BCUT2D eigenvalue weighted by Crippen LogP contribution is 2.51. The van der Waals surface area contributed by atoms with Gasteiger partial charge in [0.25, 0.3) is 0 Å². The number of Topliss-reactive ketones (excluding diaryl/α,β-unsaturated/α-hetero) is 1. The number of nitrogens with one attached hydrogen (secondary N) is 1. The first-order valence-electron chi connectivity index (χ1n) is 19.7. The van der Waals surface area contributed by atoms with Gasteiger partial charge >= 0.3 is 12.1 Å². The number of benzene rings is 4. The first kappa shape index (κ1) is 44.1. The lowest BCUT2D eigenvalue weighted by atomic mass is 9.79. The molecule has 0 aromatic heterocycles. The maximum atomic E-state index is 15.2. The zero-order valence-corrected chi connectivity index (χ0v) is 37.0. The Morgan fingerprint density at radius 2 is 1.34 bits per heavy atom. The number of hydrogen-bond acceptors (Lipinski definition) is 7. The predicted octanol–water partition coefficient (Wildman–Crippen LogP) is 8.70. The molecule has 1 N–H and O–H groups in total. The Labute approximate surface area is 344 Å². The number of ketones is 1. The molecule has 1 heterocycles. The van der Waals surface area contributed by atoms with Crippen molar-refractivity contribution in [3.63, 3.8) is 0 Å². The molecule has 1 saturated heterocycles. The van der Waals surface area contributed by atoms with Crippen molar-refractivity contribution in [2.75, 3.05) is 11.9 Å². The fourth-order valence-corrected chi connectivity index (χ4v) is 13.0. The fourth-order valence-electron chi connectivity index (χ4n) is 7.14. The molecule has 0 radical (unpaired) electrons. The number of rotatable bonds is 14. The van der Waals surface area contributed by atoms with Gasteiger partial charge in [-0.1, -0.05) is 137 Å². The molecule has 0 saturated carbocycles. The number of ether oxygens (including phenoxy) is 2.